The lowest BCUT2D eigenvalue weighted by Crippen LogP contribution is -2.47. The molecule has 1 aromatic carbocycles. The molecular weight excluding hydrogens is 459 g/mol. The van der Waals surface area contributed by atoms with Crippen LogP contribution in [0.15, 0.2) is 64.5 Å². The van der Waals surface area contributed by atoms with Gasteiger partial charge in [-0.25, -0.2) is 9.18 Å². The van der Waals surface area contributed by atoms with Crippen LogP contribution in [0.3, 0.4) is 0 Å². The molecule has 2 atom stereocenters. The summed E-state index contributed by atoms with van der Waals surface area (Å²) in [5.74, 6) is 0.154. The molecule has 2 fully saturated rings. The Balaban J connectivity index is 1.09. The first-order valence-electron chi connectivity index (χ1n) is 12.8. The minimum atomic E-state index is -0.847. The number of nitrogens with zero attached hydrogens (tertiary/aromatic N) is 4. The number of rotatable bonds is 7. The maximum absolute atomic E-state index is 14.5. The van der Waals surface area contributed by atoms with Gasteiger partial charge in [0, 0.05) is 74.6 Å². The molecule has 4 aliphatic rings. The molecule has 0 amide bonds. The van der Waals surface area contributed by atoms with E-state index >= 15 is 0 Å². The lowest BCUT2D eigenvalue weighted by atomic mass is 9.89. The third-order valence-corrected chi connectivity index (χ3v) is 7.91. The predicted molar refractivity (Wildman–Crippen MR) is 134 cm³/mol. The second-order valence-electron chi connectivity index (χ2n) is 10.2. The second kappa shape index (κ2) is 9.24. The number of fused-ring (bicyclic) bond motifs is 1. The smallest absolute Gasteiger partial charge is 0.333 e. The first-order valence-corrected chi connectivity index (χ1v) is 12.8. The summed E-state index contributed by atoms with van der Waals surface area (Å²) in [5.41, 5.74) is 3.84. The molecule has 1 N–H and O–H groups in total. The van der Waals surface area contributed by atoms with Gasteiger partial charge in [-0.05, 0) is 43.5 Å². The van der Waals surface area contributed by atoms with Gasteiger partial charge in [0.1, 0.15) is 17.3 Å². The van der Waals surface area contributed by atoms with Crippen LogP contribution in [0.4, 0.5) is 4.39 Å². The van der Waals surface area contributed by atoms with Gasteiger partial charge in [0.15, 0.2) is 0 Å². The Bertz CT molecular complexity index is 1250. The second-order valence-corrected chi connectivity index (χ2v) is 10.2. The van der Waals surface area contributed by atoms with Crippen molar-refractivity contribution in [3.8, 4) is 11.3 Å². The molecule has 1 saturated carbocycles. The molecule has 36 heavy (non-hydrogen) atoms. The summed E-state index contributed by atoms with van der Waals surface area (Å²) in [4.78, 5) is 18.4. The van der Waals surface area contributed by atoms with Crippen LogP contribution in [0.25, 0.3) is 11.3 Å². The number of carbonyl (C=O) groups is 1. The topological polar surface area (TPSA) is 73.1 Å². The number of allylic oxidation sites excluding steroid dienone is 1. The molecule has 0 radical (unpaired) electrons. The van der Waals surface area contributed by atoms with Crippen molar-refractivity contribution in [2.45, 2.75) is 31.2 Å². The maximum atomic E-state index is 14.5. The van der Waals surface area contributed by atoms with Crippen molar-refractivity contribution in [2.75, 3.05) is 39.8 Å². The molecule has 1 saturated heterocycles. The maximum Gasteiger partial charge on any atom is 0.333 e. The molecular formula is C28H31FN4O3. The Hall–Kier alpha value is -3.39. The minimum absolute atomic E-state index is 0.0559. The highest BCUT2D eigenvalue weighted by Crippen LogP contribution is 2.44. The third kappa shape index (κ3) is 4.23. The number of carboxylic acids is 1. The van der Waals surface area contributed by atoms with Crippen LogP contribution >= 0.6 is 0 Å². The first-order chi connectivity index (χ1) is 17.5. The molecule has 2 aromatic rings. The van der Waals surface area contributed by atoms with Gasteiger partial charge in [0.05, 0.1) is 11.6 Å². The Morgan fingerprint density at radius 3 is 2.69 bits per heavy atom. The van der Waals surface area contributed by atoms with Crippen molar-refractivity contribution in [1.29, 1.82) is 0 Å². The highest BCUT2D eigenvalue weighted by atomic mass is 19.1. The number of likely N-dealkylation sites (N-methyl/N-ethyl adjacent to an activating group) is 1. The van der Waals surface area contributed by atoms with E-state index in [0.717, 1.165) is 63.3 Å². The Kier molecular flexibility index (Phi) is 5.91. The van der Waals surface area contributed by atoms with Crippen molar-refractivity contribution in [1.82, 2.24) is 19.9 Å². The molecule has 2 aliphatic heterocycles. The van der Waals surface area contributed by atoms with Crippen molar-refractivity contribution in [3.05, 3.63) is 77.1 Å². The fraction of sp³-hybridized carbons (Fsp3) is 0.429. The summed E-state index contributed by atoms with van der Waals surface area (Å²) < 4.78 is 20.2. The van der Waals surface area contributed by atoms with E-state index in [1.54, 1.807) is 18.3 Å². The summed E-state index contributed by atoms with van der Waals surface area (Å²) in [6, 6.07) is 6.84. The van der Waals surface area contributed by atoms with Crippen molar-refractivity contribution < 1.29 is 18.8 Å². The van der Waals surface area contributed by atoms with Crippen LogP contribution in [0, 0.1) is 11.7 Å². The fourth-order valence-electron chi connectivity index (χ4n) is 5.70. The van der Waals surface area contributed by atoms with E-state index in [1.165, 1.54) is 11.8 Å². The molecule has 0 bridgehead atoms. The molecule has 0 spiro atoms. The van der Waals surface area contributed by atoms with Crippen molar-refractivity contribution >= 4 is 5.97 Å². The zero-order valence-corrected chi connectivity index (χ0v) is 20.4. The molecule has 3 heterocycles. The van der Waals surface area contributed by atoms with Gasteiger partial charge >= 0.3 is 5.97 Å². The lowest BCUT2D eigenvalue weighted by Gasteiger charge is -2.38. The zero-order chi connectivity index (χ0) is 24.8. The minimum Gasteiger partial charge on any atom is -0.478 e. The largest absolute Gasteiger partial charge is 0.478 e. The summed E-state index contributed by atoms with van der Waals surface area (Å²) in [5, 5.41) is 13.8. The number of carboxylic acid groups (broad SMARTS) is 1. The Morgan fingerprint density at radius 1 is 1.19 bits per heavy atom. The van der Waals surface area contributed by atoms with E-state index in [0.29, 0.717) is 22.7 Å². The molecule has 8 heteroatoms. The van der Waals surface area contributed by atoms with E-state index < -0.39 is 5.97 Å². The normalized spacial score (nSPS) is 24.1. The number of hydrogen-bond donors (Lipinski definition) is 1. The van der Waals surface area contributed by atoms with E-state index in [1.807, 2.05) is 24.1 Å². The number of benzene rings is 1. The lowest BCUT2D eigenvalue weighted by molar-refractivity contribution is -0.133. The zero-order valence-electron chi connectivity index (χ0n) is 20.4. The SMILES string of the molecule is CN1C=C(C(=O)O)C2C=CC(N3CCN(CCc4c(-c5ccccc5F)noc4C4CC4)CC3)=CC21. The number of piperazine rings is 1. The summed E-state index contributed by atoms with van der Waals surface area (Å²) >= 11 is 0. The molecule has 1 aromatic heterocycles. The average molecular weight is 491 g/mol. The fourth-order valence-corrected chi connectivity index (χ4v) is 5.70. The number of halogens is 1. The molecule has 2 unspecified atom stereocenters. The first kappa shape index (κ1) is 23.0. The molecule has 6 rings (SSSR count). The average Bonchev–Trinajstić information content (AvgIpc) is 3.56. The number of aromatic nitrogens is 1. The van der Waals surface area contributed by atoms with Gasteiger partial charge in [0.2, 0.25) is 0 Å². The van der Waals surface area contributed by atoms with Crippen LogP contribution in [0.1, 0.15) is 30.1 Å². The summed E-state index contributed by atoms with van der Waals surface area (Å²) in [7, 11) is 1.94. The highest BCUT2D eigenvalue weighted by molar-refractivity contribution is 5.88. The molecule has 7 nitrogen and oxygen atoms in total. The van der Waals surface area contributed by atoms with E-state index in [-0.39, 0.29) is 17.8 Å². The summed E-state index contributed by atoms with van der Waals surface area (Å²) in [6.07, 6.45) is 11.1. The highest BCUT2D eigenvalue weighted by Gasteiger charge is 2.37. The van der Waals surface area contributed by atoms with Gasteiger partial charge in [-0.1, -0.05) is 23.4 Å². The van der Waals surface area contributed by atoms with Gasteiger partial charge in [-0.2, -0.15) is 0 Å². The Morgan fingerprint density at radius 2 is 1.97 bits per heavy atom. The van der Waals surface area contributed by atoms with Crippen molar-refractivity contribution in [3.63, 3.8) is 0 Å². The monoisotopic (exact) mass is 490 g/mol. The third-order valence-electron chi connectivity index (χ3n) is 7.91. The van der Waals surface area contributed by atoms with Gasteiger partial charge in [-0.3, -0.25) is 4.90 Å². The van der Waals surface area contributed by atoms with Crippen LogP contribution in [-0.4, -0.2) is 76.7 Å². The standard InChI is InChI=1S/C28H31FN4O3/c1-31-17-23(28(34)35)20-9-8-19(16-25(20)31)33-14-12-32(13-15-33)11-10-22-26(21-4-2-3-5-24(21)29)30-36-27(22)18-6-7-18/h2-5,8-9,16-18,20,25H,6-7,10-15H2,1H3,(H,34,35). The van der Waals surface area contributed by atoms with Gasteiger partial charge < -0.3 is 19.4 Å². The van der Waals surface area contributed by atoms with E-state index in [4.69, 9.17) is 4.52 Å². The van der Waals surface area contributed by atoms with E-state index in [2.05, 4.69) is 27.1 Å². The van der Waals surface area contributed by atoms with Crippen LogP contribution in [-0.2, 0) is 11.2 Å². The van der Waals surface area contributed by atoms with Crippen LogP contribution < -0.4 is 0 Å². The summed E-state index contributed by atoms with van der Waals surface area (Å²) in [6.45, 7) is 4.58. The number of hydrogen-bond acceptors (Lipinski definition) is 6. The van der Waals surface area contributed by atoms with Gasteiger partial charge in [-0.15, -0.1) is 0 Å². The van der Waals surface area contributed by atoms with Crippen LogP contribution in [0.5, 0.6) is 0 Å². The predicted octanol–water partition coefficient (Wildman–Crippen LogP) is 3.87. The van der Waals surface area contributed by atoms with Gasteiger partial charge in [0.25, 0.3) is 0 Å². The van der Waals surface area contributed by atoms with E-state index in [9.17, 15) is 14.3 Å². The Labute approximate surface area is 210 Å². The number of aliphatic carboxylic acids is 1. The molecule has 188 valence electrons. The van der Waals surface area contributed by atoms with Crippen molar-refractivity contribution in [2.24, 2.45) is 5.92 Å². The quantitative estimate of drug-likeness (QED) is 0.632. The molecule has 2 aliphatic carbocycles. The van der Waals surface area contributed by atoms with Crippen LogP contribution in [0.2, 0.25) is 0 Å².